The predicted molar refractivity (Wildman–Crippen MR) is 129 cm³/mol. The molecule has 0 atom stereocenters. The molecule has 34 heavy (non-hydrogen) atoms. The number of ether oxygens (including phenoxy) is 1. The molecule has 2 heterocycles. The number of rotatable bonds is 7. The number of carbonyl (C=O) groups is 1. The molecule has 176 valence electrons. The van der Waals surface area contributed by atoms with Gasteiger partial charge in [-0.3, -0.25) is 9.48 Å². The first-order valence-electron chi connectivity index (χ1n) is 10.4. The highest BCUT2D eigenvalue weighted by Gasteiger charge is 2.15. The molecule has 0 aliphatic heterocycles. The molecule has 4 aromatic rings. The molecule has 0 bridgehead atoms. The Morgan fingerprint density at radius 3 is 2.53 bits per heavy atom. The normalized spacial score (nSPS) is 11.0. The van der Waals surface area contributed by atoms with Gasteiger partial charge in [-0.15, -0.1) is 0 Å². The maximum Gasteiger partial charge on any atom is 0.277 e. The number of benzene rings is 2. The number of aromatic nitrogens is 4. The lowest BCUT2D eigenvalue weighted by Gasteiger charge is -2.10. The fraction of sp³-hybridized carbons (Fsp3) is 0.208. The highest BCUT2D eigenvalue weighted by Crippen LogP contribution is 2.26. The molecule has 0 fully saturated rings. The molecule has 2 aromatic carbocycles. The fourth-order valence-electron chi connectivity index (χ4n) is 3.43. The Bertz CT molecular complexity index is 1320. The zero-order chi connectivity index (χ0) is 24.4. The van der Waals surface area contributed by atoms with Crippen LogP contribution in [-0.4, -0.2) is 25.5 Å². The maximum atomic E-state index is 14.1. The van der Waals surface area contributed by atoms with Gasteiger partial charge in [-0.2, -0.15) is 10.2 Å². The van der Waals surface area contributed by atoms with E-state index in [0.717, 1.165) is 16.8 Å². The first-order valence-corrected chi connectivity index (χ1v) is 11.2. The third-order valence-corrected chi connectivity index (χ3v) is 6.19. The number of hydrogen-bond donors (Lipinski definition) is 1. The average molecular weight is 502 g/mol. The fourth-order valence-corrected chi connectivity index (χ4v) is 3.76. The Kier molecular flexibility index (Phi) is 6.90. The molecule has 10 heteroatoms. The van der Waals surface area contributed by atoms with Crippen LogP contribution < -0.4 is 10.1 Å². The Hall–Kier alpha value is -3.36. The van der Waals surface area contributed by atoms with Crippen molar-refractivity contribution < 1.29 is 13.9 Å². The molecule has 0 saturated heterocycles. The lowest BCUT2D eigenvalue weighted by molar-refractivity contribution is 0.101. The average Bonchev–Trinajstić information content (AvgIpc) is 3.39. The molecular weight excluding hydrogens is 480 g/mol. The summed E-state index contributed by atoms with van der Waals surface area (Å²) in [6.45, 7) is 5.90. The molecule has 7 nitrogen and oxygen atoms in total. The van der Waals surface area contributed by atoms with E-state index >= 15 is 0 Å². The van der Waals surface area contributed by atoms with Crippen LogP contribution in [-0.2, 0) is 13.3 Å². The van der Waals surface area contributed by atoms with Crippen LogP contribution in [0.5, 0.6) is 5.75 Å². The van der Waals surface area contributed by atoms with Gasteiger partial charge in [-0.25, -0.2) is 9.07 Å². The summed E-state index contributed by atoms with van der Waals surface area (Å²) in [5, 5.41) is 12.3. The Labute approximate surface area is 206 Å². The van der Waals surface area contributed by atoms with E-state index in [2.05, 4.69) is 15.5 Å². The quantitative estimate of drug-likeness (QED) is 0.347. The minimum absolute atomic E-state index is 0.130. The minimum atomic E-state index is -0.425. The van der Waals surface area contributed by atoms with Crippen molar-refractivity contribution in [2.45, 2.75) is 34.0 Å². The number of nitrogens with one attached hydrogen (secondary N) is 1. The molecule has 1 amide bonds. The first-order chi connectivity index (χ1) is 16.2. The molecular formula is C24H22Cl2FN5O2. The van der Waals surface area contributed by atoms with Gasteiger partial charge in [0.1, 0.15) is 11.6 Å². The van der Waals surface area contributed by atoms with Crippen LogP contribution in [0.15, 0.2) is 48.7 Å². The van der Waals surface area contributed by atoms with Gasteiger partial charge in [0.15, 0.2) is 18.2 Å². The number of amides is 1. The maximum absolute atomic E-state index is 14.1. The van der Waals surface area contributed by atoms with E-state index in [1.54, 1.807) is 35.1 Å². The van der Waals surface area contributed by atoms with Gasteiger partial charge >= 0.3 is 0 Å². The summed E-state index contributed by atoms with van der Waals surface area (Å²) in [5.41, 5.74) is 3.12. The van der Waals surface area contributed by atoms with Gasteiger partial charge in [0.25, 0.3) is 5.91 Å². The summed E-state index contributed by atoms with van der Waals surface area (Å²) in [5.74, 6) is 0.153. The van der Waals surface area contributed by atoms with Gasteiger partial charge in [-0.1, -0.05) is 29.3 Å². The van der Waals surface area contributed by atoms with Gasteiger partial charge in [0.2, 0.25) is 0 Å². The summed E-state index contributed by atoms with van der Waals surface area (Å²) in [4.78, 5) is 12.6. The number of aryl methyl sites for hydroxylation is 3. The van der Waals surface area contributed by atoms with Gasteiger partial charge in [-0.05, 0) is 62.2 Å². The lowest BCUT2D eigenvalue weighted by Crippen LogP contribution is -2.15. The highest BCUT2D eigenvalue weighted by atomic mass is 35.5. The van der Waals surface area contributed by atoms with Crippen LogP contribution in [0.2, 0.25) is 10.0 Å². The minimum Gasteiger partial charge on any atom is -0.471 e. The van der Waals surface area contributed by atoms with Crippen molar-refractivity contribution in [1.29, 1.82) is 0 Å². The number of halogens is 3. The summed E-state index contributed by atoms with van der Waals surface area (Å²) < 4.78 is 23.0. The van der Waals surface area contributed by atoms with Crippen molar-refractivity contribution in [3.63, 3.8) is 0 Å². The van der Waals surface area contributed by atoms with Gasteiger partial charge in [0, 0.05) is 33.6 Å². The van der Waals surface area contributed by atoms with E-state index in [-0.39, 0.29) is 19.0 Å². The third kappa shape index (κ3) is 5.24. The monoisotopic (exact) mass is 501 g/mol. The second-order valence-corrected chi connectivity index (χ2v) is 8.65. The molecule has 0 spiro atoms. The first kappa shape index (κ1) is 23.8. The summed E-state index contributed by atoms with van der Waals surface area (Å²) >= 11 is 12.3. The van der Waals surface area contributed by atoms with Gasteiger partial charge in [0.05, 0.1) is 6.54 Å². The molecule has 1 N–H and O–H groups in total. The summed E-state index contributed by atoms with van der Waals surface area (Å²) in [7, 11) is 0. The van der Waals surface area contributed by atoms with Crippen LogP contribution in [0, 0.1) is 26.6 Å². The molecule has 0 aliphatic rings. The number of carbonyl (C=O) groups excluding carboxylic acids is 1. The van der Waals surface area contributed by atoms with Crippen molar-refractivity contribution in [2.24, 2.45) is 0 Å². The van der Waals surface area contributed by atoms with Crippen molar-refractivity contribution in [1.82, 2.24) is 19.6 Å². The van der Waals surface area contributed by atoms with E-state index in [0.29, 0.717) is 27.2 Å². The molecule has 0 radical (unpaired) electrons. The largest absolute Gasteiger partial charge is 0.471 e. The van der Waals surface area contributed by atoms with Crippen molar-refractivity contribution in [3.8, 4) is 5.75 Å². The second kappa shape index (κ2) is 9.87. The van der Waals surface area contributed by atoms with Crippen molar-refractivity contribution in [2.75, 3.05) is 5.32 Å². The number of nitrogens with zero attached hydrogens (tertiary/aromatic N) is 4. The lowest BCUT2D eigenvalue weighted by atomic mass is 10.1. The zero-order valence-corrected chi connectivity index (χ0v) is 20.3. The van der Waals surface area contributed by atoms with E-state index in [1.165, 1.54) is 10.7 Å². The predicted octanol–water partition coefficient (Wildman–Crippen LogP) is 5.79. The Balaban J connectivity index is 1.40. The molecule has 4 rings (SSSR count). The van der Waals surface area contributed by atoms with Crippen LogP contribution in [0.1, 0.15) is 32.9 Å². The summed E-state index contributed by atoms with van der Waals surface area (Å²) in [6, 6.07) is 11.5. The smallest absolute Gasteiger partial charge is 0.277 e. The van der Waals surface area contributed by atoms with Crippen LogP contribution in [0.4, 0.5) is 10.2 Å². The number of anilines is 1. The SMILES string of the molecule is Cc1cc(OCn2ccc(C(=O)Nc3cc(C)n(Cc4c(F)cccc4Cl)n3)n2)cc(C)c1Cl. The topological polar surface area (TPSA) is 74.0 Å². The molecule has 0 aliphatic carbocycles. The Morgan fingerprint density at radius 2 is 1.82 bits per heavy atom. The van der Waals surface area contributed by atoms with Crippen LogP contribution in [0.25, 0.3) is 0 Å². The molecule has 0 unspecified atom stereocenters. The van der Waals surface area contributed by atoms with Crippen LogP contribution in [0.3, 0.4) is 0 Å². The number of hydrogen-bond acceptors (Lipinski definition) is 4. The van der Waals surface area contributed by atoms with E-state index in [4.69, 9.17) is 27.9 Å². The molecule has 0 saturated carbocycles. The van der Waals surface area contributed by atoms with E-state index in [9.17, 15) is 9.18 Å². The van der Waals surface area contributed by atoms with Crippen LogP contribution >= 0.6 is 23.2 Å². The van der Waals surface area contributed by atoms with Gasteiger partial charge < -0.3 is 10.1 Å². The summed E-state index contributed by atoms with van der Waals surface area (Å²) in [6.07, 6.45) is 1.65. The Morgan fingerprint density at radius 1 is 1.09 bits per heavy atom. The highest BCUT2D eigenvalue weighted by molar-refractivity contribution is 6.32. The van der Waals surface area contributed by atoms with Crippen molar-refractivity contribution in [3.05, 3.63) is 92.6 Å². The molecule has 2 aromatic heterocycles. The van der Waals surface area contributed by atoms with E-state index in [1.807, 2.05) is 32.9 Å². The third-order valence-electron chi connectivity index (χ3n) is 5.24. The van der Waals surface area contributed by atoms with E-state index < -0.39 is 11.7 Å². The van der Waals surface area contributed by atoms with Crippen molar-refractivity contribution >= 4 is 34.9 Å². The second-order valence-electron chi connectivity index (χ2n) is 7.87. The zero-order valence-electron chi connectivity index (χ0n) is 18.8. The standard InChI is InChI=1S/C24H22Cl2FN5O2/c1-14-9-17(10-15(2)23(14)26)34-13-31-8-7-21(29-31)24(33)28-22-11-16(3)32(30-22)12-18-19(25)5-4-6-20(18)27/h4-11H,12-13H2,1-3H3,(H,28,30,33).